The molecular weight excluding hydrogens is 408 g/mol. The van der Waals surface area contributed by atoms with E-state index in [0.29, 0.717) is 34.1 Å². The predicted molar refractivity (Wildman–Crippen MR) is 115 cm³/mol. The number of benzene rings is 3. The molecule has 2 heterocycles. The Bertz CT molecular complexity index is 1310. The molecule has 3 aromatic carbocycles. The minimum Gasteiger partial charge on any atom is -0.493 e. The highest BCUT2D eigenvalue weighted by atomic mass is 16.5. The Balaban J connectivity index is 1.40. The summed E-state index contributed by atoms with van der Waals surface area (Å²) in [6.07, 6.45) is -0.602. The third kappa shape index (κ3) is 2.66. The first-order valence-electron chi connectivity index (χ1n) is 10.3. The molecule has 6 heteroatoms. The zero-order chi connectivity index (χ0) is 21.8. The van der Waals surface area contributed by atoms with E-state index in [1.807, 2.05) is 36.4 Å². The van der Waals surface area contributed by atoms with Crippen LogP contribution >= 0.6 is 0 Å². The number of hydrogen-bond donors (Lipinski definition) is 0. The lowest BCUT2D eigenvalue weighted by Gasteiger charge is -2.31. The van der Waals surface area contributed by atoms with Crippen molar-refractivity contribution in [2.24, 2.45) is 0 Å². The van der Waals surface area contributed by atoms with Gasteiger partial charge in [-0.1, -0.05) is 42.5 Å². The lowest BCUT2D eigenvalue weighted by atomic mass is 9.80. The predicted octanol–water partition coefficient (Wildman–Crippen LogP) is 4.70. The summed E-state index contributed by atoms with van der Waals surface area (Å²) in [5.41, 5.74) is 1.89. The van der Waals surface area contributed by atoms with Gasteiger partial charge in [-0.2, -0.15) is 0 Å². The molecule has 0 fully saturated rings. The number of allylic oxidation sites excluding steroid dienone is 1. The van der Waals surface area contributed by atoms with Crippen molar-refractivity contribution in [2.75, 3.05) is 13.7 Å². The normalized spacial score (nSPS) is 20.4. The van der Waals surface area contributed by atoms with Gasteiger partial charge in [0.2, 0.25) is 5.78 Å². The van der Waals surface area contributed by atoms with Gasteiger partial charge >= 0.3 is 0 Å². The number of ketones is 2. The number of rotatable bonds is 3. The SMILES string of the molecule is COc1cc2c(cc1Oc1ccccc1)OC1C3=C(OCC21)C(=O)c1ccccc1C3=O. The van der Waals surface area contributed by atoms with Crippen molar-refractivity contribution < 1.29 is 28.5 Å². The molecule has 0 saturated heterocycles. The fourth-order valence-electron chi connectivity index (χ4n) is 4.57. The highest BCUT2D eigenvalue weighted by Crippen LogP contribution is 2.50. The Morgan fingerprint density at radius 1 is 0.875 bits per heavy atom. The number of Topliss-reactive ketones (excluding diaryl/α,β-unsaturated/α-hetero) is 2. The van der Waals surface area contributed by atoms with Crippen molar-refractivity contribution in [1.29, 1.82) is 0 Å². The van der Waals surface area contributed by atoms with Crippen LogP contribution in [0.15, 0.2) is 78.1 Å². The Hall–Kier alpha value is -4.06. The quantitative estimate of drug-likeness (QED) is 0.605. The summed E-state index contributed by atoms with van der Waals surface area (Å²) >= 11 is 0. The van der Waals surface area contributed by atoms with Crippen molar-refractivity contribution in [3.05, 3.63) is 94.8 Å². The molecule has 2 aliphatic heterocycles. The van der Waals surface area contributed by atoms with Gasteiger partial charge in [-0.3, -0.25) is 9.59 Å². The van der Waals surface area contributed by atoms with E-state index in [1.165, 1.54) is 0 Å². The van der Waals surface area contributed by atoms with Crippen LogP contribution in [0.1, 0.15) is 32.2 Å². The fourth-order valence-corrected chi connectivity index (χ4v) is 4.57. The van der Waals surface area contributed by atoms with Crippen molar-refractivity contribution in [3.8, 4) is 23.0 Å². The largest absolute Gasteiger partial charge is 0.493 e. The van der Waals surface area contributed by atoms with Gasteiger partial charge in [0.25, 0.3) is 0 Å². The molecule has 3 aliphatic rings. The van der Waals surface area contributed by atoms with Gasteiger partial charge < -0.3 is 18.9 Å². The van der Waals surface area contributed by atoms with Crippen molar-refractivity contribution in [2.45, 2.75) is 12.0 Å². The first-order chi connectivity index (χ1) is 15.7. The molecule has 6 nitrogen and oxygen atoms in total. The maximum absolute atomic E-state index is 13.3. The van der Waals surface area contributed by atoms with Crippen LogP contribution in [0.5, 0.6) is 23.0 Å². The summed E-state index contributed by atoms with van der Waals surface area (Å²) in [7, 11) is 1.57. The first kappa shape index (κ1) is 18.7. The summed E-state index contributed by atoms with van der Waals surface area (Å²) in [5.74, 6) is 1.66. The van der Waals surface area contributed by atoms with Crippen LogP contribution in [0.2, 0.25) is 0 Å². The van der Waals surface area contributed by atoms with E-state index < -0.39 is 6.10 Å². The van der Waals surface area contributed by atoms with Gasteiger partial charge in [0, 0.05) is 22.8 Å². The van der Waals surface area contributed by atoms with E-state index in [9.17, 15) is 9.59 Å². The molecule has 1 aliphatic carbocycles. The van der Waals surface area contributed by atoms with E-state index in [4.69, 9.17) is 18.9 Å². The average Bonchev–Trinajstić information content (AvgIpc) is 3.19. The summed E-state index contributed by atoms with van der Waals surface area (Å²) in [4.78, 5) is 26.3. The molecule has 158 valence electrons. The van der Waals surface area contributed by atoms with Crippen LogP contribution in [0.25, 0.3) is 0 Å². The Morgan fingerprint density at radius 2 is 1.59 bits per heavy atom. The maximum atomic E-state index is 13.3. The summed E-state index contributed by atoms with van der Waals surface area (Å²) in [6, 6.07) is 19.8. The molecule has 2 atom stereocenters. The molecule has 0 amide bonds. The van der Waals surface area contributed by atoms with Crippen molar-refractivity contribution in [1.82, 2.24) is 0 Å². The second-order valence-corrected chi connectivity index (χ2v) is 7.86. The monoisotopic (exact) mass is 426 g/mol. The number of fused-ring (bicyclic) bond motifs is 5. The average molecular weight is 426 g/mol. The molecule has 0 aromatic heterocycles. The van der Waals surface area contributed by atoms with Gasteiger partial charge in [-0.05, 0) is 18.2 Å². The third-order valence-corrected chi connectivity index (χ3v) is 6.09. The Labute approximate surface area is 184 Å². The zero-order valence-corrected chi connectivity index (χ0v) is 17.2. The molecule has 3 aromatic rings. The van der Waals surface area contributed by atoms with E-state index in [2.05, 4.69) is 0 Å². The second-order valence-electron chi connectivity index (χ2n) is 7.86. The first-order valence-corrected chi connectivity index (χ1v) is 10.3. The van der Waals surface area contributed by atoms with E-state index in [1.54, 1.807) is 37.4 Å². The fraction of sp³-hybridized carbons (Fsp3) is 0.154. The number of ether oxygens (including phenoxy) is 4. The van der Waals surface area contributed by atoms with Crippen LogP contribution in [-0.4, -0.2) is 31.4 Å². The summed E-state index contributed by atoms with van der Waals surface area (Å²) < 4.78 is 23.7. The van der Waals surface area contributed by atoms with Gasteiger partial charge in [0.1, 0.15) is 17.6 Å². The lowest BCUT2D eigenvalue weighted by molar-refractivity contribution is 0.0697. The van der Waals surface area contributed by atoms with Crippen molar-refractivity contribution in [3.63, 3.8) is 0 Å². The van der Waals surface area contributed by atoms with E-state index >= 15 is 0 Å². The van der Waals surface area contributed by atoms with Gasteiger partial charge in [0.05, 0.1) is 25.2 Å². The number of para-hydroxylation sites is 1. The maximum Gasteiger partial charge on any atom is 0.228 e. The summed E-state index contributed by atoms with van der Waals surface area (Å²) in [6.45, 7) is 0.236. The molecule has 0 N–H and O–H groups in total. The van der Waals surface area contributed by atoms with E-state index in [0.717, 1.165) is 5.56 Å². The molecule has 2 unspecified atom stereocenters. The standard InChI is InChI=1S/C26H18O6/c1-29-20-11-17-18-13-30-26-22(23(27)15-9-5-6-10-16(15)24(26)28)25(18)32-19(17)12-21(20)31-14-7-3-2-4-8-14/h2-12,18,25H,13H2,1H3. The minimum absolute atomic E-state index is 0.0930. The molecule has 6 rings (SSSR count). The number of carbonyl (C=O) groups is 2. The highest BCUT2D eigenvalue weighted by Gasteiger charge is 2.49. The molecule has 0 spiro atoms. The van der Waals surface area contributed by atoms with Gasteiger partial charge in [-0.25, -0.2) is 0 Å². The van der Waals surface area contributed by atoms with Gasteiger partial charge in [-0.15, -0.1) is 0 Å². The van der Waals surface area contributed by atoms with Crippen LogP contribution < -0.4 is 14.2 Å². The van der Waals surface area contributed by atoms with Crippen LogP contribution in [0.3, 0.4) is 0 Å². The van der Waals surface area contributed by atoms with Crippen LogP contribution in [-0.2, 0) is 4.74 Å². The Morgan fingerprint density at radius 3 is 2.34 bits per heavy atom. The zero-order valence-electron chi connectivity index (χ0n) is 17.2. The molecule has 0 radical (unpaired) electrons. The van der Waals surface area contributed by atoms with Gasteiger partial charge in [0.15, 0.2) is 23.0 Å². The molecule has 32 heavy (non-hydrogen) atoms. The van der Waals surface area contributed by atoms with E-state index in [-0.39, 0.29) is 35.4 Å². The molecule has 0 saturated carbocycles. The van der Waals surface area contributed by atoms with Crippen LogP contribution in [0.4, 0.5) is 0 Å². The lowest BCUT2D eigenvalue weighted by Crippen LogP contribution is -2.39. The molecule has 0 bridgehead atoms. The summed E-state index contributed by atoms with van der Waals surface area (Å²) in [5, 5.41) is 0. The second kappa shape index (κ2) is 6.99. The minimum atomic E-state index is -0.602. The third-order valence-electron chi connectivity index (χ3n) is 6.09. The number of hydrogen-bond acceptors (Lipinski definition) is 6. The number of carbonyl (C=O) groups excluding carboxylic acids is 2. The van der Waals surface area contributed by atoms with Crippen molar-refractivity contribution >= 4 is 11.6 Å². The molecular formula is C26H18O6. The highest BCUT2D eigenvalue weighted by molar-refractivity contribution is 6.26. The topological polar surface area (TPSA) is 71.1 Å². The smallest absolute Gasteiger partial charge is 0.228 e. The number of methoxy groups -OCH3 is 1. The Kier molecular flexibility index (Phi) is 4.08. The van der Waals surface area contributed by atoms with Crippen LogP contribution in [0, 0.1) is 0 Å².